The molecule has 0 aromatic carbocycles. The van der Waals surface area contributed by atoms with Crippen molar-refractivity contribution in [2.75, 3.05) is 23.3 Å². The average Bonchev–Trinajstić information content (AvgIpc) is 3.56. The fourth-order valence-electron chi connectivity index (χ4n) is 5.22. The summed E-state index contributed by atoms with van der Waals surface area (Å²) in [5.74, 6) is 1.31. The minimum atomic E-state index is -2.81. The van der Waals surface area contributed by atoms with E-state index in [2.05, 4.69) is 34.3 Å². The minimum Gasteiger partial charge on any atom is -0.391 e. The minimum absolute atomic E-state index is 0.00847. The number of nitrogens with one attached hydrogen (secondary N) is 1. The Morgan fingerprint density at radius 3 is 2.63 bits per heavy atom. The Morgan fingerprint density at radius 1 is 1.20 bits per heavy atom. The maximum atomic E-state index is 13.8. The Labute approximate surface area is 202 Å². The highest BCUT2D eigenvalue weighted by Crippen LogP contribution is 2.37. The molecule has 188 valence electrons. The smallest absolute Gasteiger partial charge is 0.284 e. The van der Waals surface area contributed by atoms with Crippen LogP contribution in [-0.4, -0.2) is 54.6 Å². The van der Waals surface area contributed by atoms with Crippen LogP contribution in [0.15, 0.2) is 24.7 Å². The van der Waals surface area contributed by atoms with Crippen LogP contribution in [0, 0.1) is 11.8 Å². The van der Waals surface area contributed by atoms with E-state index < -0.39 is 24.1 Å². The molecule has 11 heteroatoms. The molecule has 2 fully saturated rings. The number of fused-ring (bicyclic) bond motifs is 1. The number of nitrogens with zero attached hydrogens (tertiary/aromatic N) is 6. The van der Waals surface area contributed by atoms with Crippen molar-refractivity contribution in [2.45, 2.75) is 64.5 Å². The van der Waals surface area contributed by atoms with Gasteiger partial charge in [0.05, 0.1) is 24.0 Å². The van der Waals surface area contributed by atoms with E-state index in [0.29, 0.717) is 42.8 Å². The van der Waals surface area contributed by atoms with Gasteiger partial charge in [0.15, 0.2) is 11.3 Å². The van der Waals surface area contributed by atoms with Crippen LogP contribution < -0.4 is 10.2 Å². The second kappa shape index (κ2) is 9.52. The molecule has 0 radical (unpaired) electrons. The summed E-state index contributed by atoms with van der Waals surface area (Å²) in [7, 11) is 0. The number of amides is 1. The Kier molecular flexibility index (Phi) is 6.43. The van der Waals surface area contributed by atoms with Crippen LogP contribution in [0.2, 0.25) is 0 Å². The first-order valence-corrected chi connectivity index (χ1v) is 12.3. The predicted molar refractivity (Wildman–Crippen MR) is 127 cm³/mol. The first-order chi connectivity index (χ1) is 16.8. The zero-order valence-corrected chi connectivity index (χ0v) is 19.9. The van der Waals surface area contributed by atoms with Gasteiger partial charge in [-0.25, -0.2) is 18.3 Å². The molecular formula is C24H31F2N7O2. The molecule has 1 saturated carbocycles. The zero-order valence-electron chi connectivity index (χ0n) is 19.9. The normalized spacial score (nSPS) is 23.1. The summed E-state index contributed by atoms with van der Waals surface area (Å²) in [6.45, 7) is 5.56. The topological polar surface area (TPSA) is 101 Å². The van der Waals surface area contributed by atoms with E-state index in [1.165, 1.54) is 16.9 Å². The number of hydrogen-bond acceptors (Lipinski definition) is 6. The number of hydrogen-bond donors (Lipinski definition) is 2. The van der Waals surface area contributed by atoms with Crippen molar-refractivity contribution in [3.8, 4) is 0 Å². The number of rotatable bonds is 6. The van der Waals surface area contributed by atoms with Crippen molar-refractivity contribution >= 4 is 23.1 Å². The first-order valence-electron chi connectivity index (χ1n) is 12.3. The van der Waals surface area contributed by atoms with E-state index in [1.807, 2.05) is 4.90 Å². The van der Waals surface area contributed by atoms with E-state index in [1.54, 1.807) is 16.9 Å². The number of aromatic nitrogens is 5. The molecule has 1 amide bonds. The lowest BCUT2D eigenvalue weighted by atomic mass is 9.80. The number of carbonyl (C=O) groups excluding carboxylic acids is 1. The number of β-amino-alcohol motifs (C(OH)–C–C–N with tert-alkyl or cyclic N) is 1. The monoisotopic (exact) mass is 487 g/mol. The average molecular weight is 488 g/mol. The number of aliphatic hydroxyl groups is 1. The third-order valence-electron chi connectivity index (χ3n) is 7.36. The van der Waals surface area contributed by atoms with Crippen LogP contribution in [0.5, 0.6) is 0 Å². The Bertz CT molecular complexity index is 1200. The molecule has 1 aliphatic carbocycles. The lowest BCUT2D eigenvalue weighted by molar-refractivity contribution is 0.102. The molecule has 0 bridgehead atoms. The Balaban J connectivity index is 1.36. The van der Waals surface area contributed by atoms with Gasteiger partial charge in [-0.2, -0.15) is 10.2 Å². The van der Waals surface area contributed by atoms with Crippen molar-refractivity contribution in [2.24, 2.45) is 11.8 Å². The van der Waals surface area contributed by atoms with Gasteiger partial charge >= 0.3 is 0 Å². The fourth-order valence-corrected chi connectivity index (χ4v) is 5.22. The summed E-state index contributed by atoms with van der Waals surface area (Å²) < 4.78 is 30.7. The summed E-state index contributed by atoms with van der Waals surface area (Å²) in [6.07, 6.45) is 5.86. The standard InChI is InChI=1S/C24H31F2N7O2/c1-14(2)15-3-5-16(6-4-15)33-13-19(21(30-33)22(25)26)28-24(35)18-11-27-32-10-8-20(29-23(18)32)31-9-7-17(34)12-31/h8,10-11,13-17,22,34H,3-7,9,12H2,1-2H3,(H,28,35)/t15?,16?,17-/m1/s1. The van der Waals surface area contributed by atoms with Gasteiger partial charge in [0.2, 0.25) is 0 Å². The molecule has 1 saturated heterocycles. The molecule has 0 spiro atoms. The largest absolute Gasteiger partial charge is 0.391 e. The number of anilines is 2. The van der Waals surface area contributed by atoms with E-state index in [0.717, 1.165) is 25.7 Å². The number of halogens is 2. The van der Waals surface area contributed by atoms with Crippen molar-refractivity contribution in [3.63, 3.8) is 0 Å². The van der Waals surface area contributed by atoms with Crippen molar-refractivity contribution in [3.05, 3.63) is 35.9 Å². The van der Waals surface area contributed by atoms with Gasteiger partial charge in [-0.05, 0) is 50.0 Å². The molecule has 5 rings (SSSR count). The number of aliphatic hydroxyl groups excluding tert-OH is 1. The highest BCUT2D eigenvalue weighted by molar-refractivity contribution is 6.08. The number of alkyl halides is 2. The lowest BCUT2D eigenvalue weighted by Crippen LogP contribution is -2.22. The molecule has 1 aliphatic heterocycles. The highest BCUT2D eigenvalue weighted by Gasteiger charge is 2.28. The van der Waals surface area contributed by atoms with Crippen molar-refractivity contribution in [1.82, 2.24) is 24.4 Å². The van der Waals surface area contributed by atoms with Gasteiger partial charge in [-0.1, -0.05) is 13.8 Å². The quantitative estimate of drug-likeness (QED) is 0.544. The molecule has 2 N–H and O–H groups in total. The highest BCUT2D eigenvalue weighted by atomic mass is 19.3. The molecule has 1 atom stereocenters. The second-order valence-electron chi connectivity index (χ2n) is 9.98. The SMILES string of the molecule is CC(C)C1CCC(n2cc(NC(=O)c3cnn4ccc(N5CC[C@@H](O)C5)nc34)c(C(F)F)n2)CC1. The van der Waals surface area contributed by atoms with Crippen LogP contribution in [0.1, 0.15) is 74.5 Å². The molecule has 3 aromatic rings. The maximum absolute atomic E-state index is 13.8. The third-order valence-corrected chi connectivity index (χ3v) is 7.36. The van der Waals surface area contributed by atoms with Gasteiger partial charge in [0.1, 0.15) is 11.4 Å². The van der Waals surface area contributed by atoms with E-state index in [-0.39, 0.29) is 17.3 Å². The molecular weight excluding hydrogens is 456 g/mol. The number of carbonyl (C=O) groups is 1. The summed E-state index contributed by atoms with van der Waals surface area (Å²) in [5, 5.41) is 20.8. The molecule has 35 heavy (non-hydrogen) atoms. The first kappa shape index (κ1) is 23.7. The predicted octanol–water partition coefficient (Wildman–Crippen LogP) is 4.07. The van der Waals surface area contributed by atoms with Gasteiger partial charge < -0.3 is 15.3 Å². The lowest BCUT2D eigenvalue weighted by Gasteiger charge is -2.30. The Morgan fingerprint density at radius 2 is 1.97 bits per heavy atom. The van der Waals surface area contributed by atoms with E-state index in [4.69, 9.17) is 0 Å². The van der Waals surface area contributed by atoms with Crippen LogP contribution >= 0.6 is 0 Å². The van der Waals surface area contributed by atoms with Crippen LogP contribution in [0.4, 0.5) is 20.3 Å². The second-order valence-corrected chi connectivity index (χ2v) is 9.98. The fraction of sp³-hybridized carbons (Fsp3) is 0.583. The maximum Gasteiger partial charge on any atom is 0.284 e. The van der Waals surface area contributed by atoms with E-state index >= 15 is 0 Å². The Hall–Kier alpha value is -3.08. The summed E-state index contributed by atoms with van der Waals surface area (Å²) in [4.78, 5) is 19.6. The molecule has 3 aromatic heterocycles. The van der Waals surface area contributed by atoms with E-state index in [9.17, 15) is 18.7 Å². The van der Waals surface area contributed by atoms with Gasteiger partial charge in [-0.3, -0.25) is 9.48 Å². The summed E-state index contributed by atoms with van der Waals surface area (Å²) >= 11 is 0. The molecule has 9 nitrogen and oxygen atoms in total. The summed E-state index contributed by atoms with van der Waals surface area (Å²) in [5.41, 5.74) is 0.0750. The van der Waals surface area contributed by atoms with Crippen molar-refractivity contribution in [1.29, 1.82) is 0 Å². The summed E-state index contributed by atoms with van der Waals surface area (Å²) in [6, 6.07) is 1.82. The molecule has 2 aliphatic rings. The zero-order chi connectivity index (χ0) is 24.7. The van der Waals surface area contributed by atoms with Crippen molar-refractivity contribution < 1.29 is 18.7 Å². The van der Waals surface area contributed by atoms with Gasteiger partial charge in [0.25, 0.3) is 12.3 Å². The van der Waals surface area contributed by atoms with Crippen LogP contribution in [-0.2, 0) is 0 Å². The molecule has 4 heterocycles. The van der Waals surface area contributed by atoms with Crippen LogP contribution in [0.25, 0.3) is 5.65 Å². The third kappa shape index (κ3) is 4.73. The molecule has 0 unspecified atom stereocenters. The van der Waals surface area contributed by atoms with Gasteiger partial charge in [0, 0.05) is 25.5 Å². The van der Waals surface area contributed by atoms with Gasteiger partial charge in [-0.15, -0.1) is 0 Å². The van der Waals surface area contributed by atoms with Crippen LogP contribution in [0.3, 0.4) is 0 Å².